The van der Waals surface area contributed by atoms with Crippen LogP contribution in [0.5, 0.6) is 0 Å². The molecule has 0 atom stereocenters. The van der Waals surface area contributed by atoms with Gasteiger partial charge in [-0.2, -0.15) is 0 Å². The first-order valence-corrected chi connectivity index (χ1v) is 4.60. The van der Waals surface area contributed by atoms with E-state index in [9.17, 15) is 22.8 Å². The van der Waals surface area contributed by atoms with Crippen LogP contribution in [-0.2, 0) is 16.1 Å². The number of halogens is 3. The predicted octanol–water partition coefficient (Wildman–Crippen LogP) is 0.248. The summed E-state index contributed by atoms with van der Waals surface area (Å²) in [5, 5.41) is 2.10. The molecule has 0 aliphatic carbocycles. The second-order valence-corrected chi connectivity index (χ2v) is 3.18. The van der Waals surface area contributed by atoms with Gasteiger partial charge in [0.2, 0.25) is 5.78 Å². The number of rotatable bonds is 4. The maximum Gasteiger partial charge on any atom is 0.289 e. The van der Waals surface area contributed by atoms with Gasteiger partial charge in [-0.05, 0) is 17.7 Å². The molecular weight excluding hydrogens is 237 g/mol. The van der Waals surface area contributed by atoms with E-state index in [0.717, 1.165) is 12.1 Å². The maximum atomic E-state index is 12.8. The first-order valence-electron chi connectivity index (χ1n) is 4.60. The lowest BCUT2D eigenvalue weighted by Gasteiger charge is -2.05. The lowest BCUT2D eigenvalue weighted by atomic mass is 10.2. The van der Waals surface area contributed by atoms with Crippen LogP contribution in [0.15, 0.2) is 12.1 Å². The van der Waals surface area contributed by atoms with Crippen molar-refractivity contribution >= 4 is 11.7 Å². The number of carbonyl (C=O) groups excluding carboxylic acids is 2. The highest BCUT2D eigenvalue weighted by Gasteiger charge is 2.13. The van der Waals surface area contributed by atoms with Crippen LogP contribution in [0.2, 0.25) is 0 Å². The highest BCUT2D eigenvalue weighted by atomic mass is 19.2. The van der Waals surface area contributed by atoms with Crippen LogP contribution in [-0.4, -0.2) is 18.2 Å². The SMILES string of the molecule is NCC(=O)C(=O)NCc1cc(F)c(F)c(F)c1. The fraction of sp³-hybridized carbons (Fsp3) is 0.200. The standard InChI is InChI=1S/C10H9F3N2O2/c11-6-1-5(2-7(12)9(6)13)4-15-10(17)8(16)3-14/h1-2H,3-4,14H2,(H,15,17). The molecule has 0 radical (unpaired) electrons. The Morgan fingerprint density at radius 2 is 1.71 bits per heavy atom. The molecule has 1 aromatic carbocycles. The molecule has 1 amide bonds. The van der Waals surface area contributed by atoms with Crippen LogP contribution in [0.1, 0.15) is 5.56 Å². The summed E-state index contributed by atoms with van der Waals surface area (Å²) in [5.41, 5.74) is 4.93. The fourth-order valence-corrected chi connectivity index (χ4v) is 1.08. The first-order chi connectivity index (χ1) is 7.95. The van der Waals surface area contributed by atoms with Crippen LogP contribution < -0.4 is 11.1 Å². The van der Waals surface area contributed by atoms with E-state index >= 15 is 0 Å². The molecule has 0 saturated carbocycles. The van der Waals surface area contributed by atoms with Crippen molar-refractivity contribution in [2.75, 3.05) is 6.54 Å². The average Bonchev–Trinajstić information content (AvgIpc) is 2.31. The van der Waals surface area contributed by atoms with E-state index in [1.165, 1.54) is 0 Å². The molecule has 0 saturated heterocycles. The molecule has 0 unspecified atom stereocenters. The Kier molecular flexibility index (Phi) is 4.22. The van der Waals surface area contributed by atoms with E-state index < -0.39 is 35.7 Å². The molecule has 0 aliphatic heterocycles. The third kappa shape index (κ3) is 3.28. The highest BCUT2D eigenvalue weighted by molar-refractivity contribution is 6.36. The van der Waals surface area contributed by atoms with Crippen molar-refractivity contribution in [1.82, 2.24) is 5.32 Å². The van der Waals surface area contributed by atoms with Gasteiger partial charge < -0.3 is 11.1 Å². The number of benzene rings is 1. The molecule has 0 bridgehead atoms. The smallest absolute Gasteiger partial charge is 0.289 e. The zero-order valence-corrected chi connectivity index (χ0v) is 8.60. The average molecular weight is 246 g/mol. The Bertz CT molecular complexity index is 440. The fourth-order valence-electron chi connectivity index (χ4n) is 1.08. The van der Waals surface area contributed by atoms with Crippen molar-refractivity contribution in [3.05, 3.63) is 35.1 Å². The summed E-state index contributed by atoms with van der Waals surface area (Å²) < 4.78 is 38.1. The van der Waals surface area contributed by atoms with Crippen LogP contribution in [0.3, 0.4) is 0 Å². The van der Waals surface area contributed by atoms with Crippen molar-refractivity contribution in [3.63, 3.8) is 0 Å². The number of nitrogens with one attached hydrogen (secondary N) is 1. The normalized spacial score (nSPS) is 10.1. The lowest BCUT2D eigenvalue weighted by molar-refractivity contribution is -0.137. The van der Waals surface area contributed by atoms with E-state index in [1.807, 2.05) is 0 Å². The zero-order valence-electron chi connectivity index (χ0n) is 8.60. The summed E-state index contributed by atoms with van der Waals surface area (Å²) >= 11 is 0. The van der Waals surface area contributed by atoms with Crippen LogP contribution >= 0.6 is 0 Å². The quantitative estimate of drug-likeness (QED) is 0.590. The summed E-state index contributed by atoms with van der Waals surface area (Å²) in [5.74, 6) is -6.12. The summed E-state index contributed by atoms with van der Waals surface area (Å²) in [6.07, 6.45) is 0. The van der Waals surface area contributed by atoms with Gasteiger partial charge in [0.25, 0.3) is 5.91 Å². The van der Waals surface area contributed by atoms with E-state index in [1.54, 1.807) is 0 Å². The number of carbonyl (C=O) groups is 2. The largest absolute Gasteiger partial charge is 0.345 e. The third-order valence-corrected chi connectivity index (χ3v) is 1.94. The minimum Gasteiger partial charge on any atom is -0.345 e. The number of hydrogen-bond donors (Lipinski definition) is 2. The summed E-state index contributed by atoms with van der Waals surface area (Å²) in [6.45, 7) is -0.753. The Hall–Kier alpha value is -1.89. The molecule has 7 heteroatoms. The predicted molar refractivity (Wildman–Crippen MR) is 52.2 cm³/mol. The van der Waals surface area contributed by atoms with Gasteiger partial charge in [-0.1, -0.05) is 0 Å². The first kappa shape index (κ1) is 13.2. The van der Waals surface area contributed by atoms with Crippen LogP contribution in [0.4, 0.5) is 13.2 Å². The summed E-state index contributed by atoms with van der Waals surface area (Å²) in [7, 11) is 0. The molecular formula is C10H9F3N2O2. The molecule has 0 aliphatic rings. The summed E-state index contributed by atoms with van der Waals surface area (Å²) in [4.78, 5) is 21.8. The molecule has 1 rings (SSSR count). The Balaban J connectivity index is 2.71. The van der Waals surface area contributed by atoms with Gasteiger partial charge in [-0.25, -0.2) is 13.2 Å². The van der Waals surface area contributed by atoms with Gasteiger partial charge >= 0.3 is 0 Å². The Morgan fingerprint density at radius 3 is 2.18 bits per heavy atom. The molecule has 4 nitrogen and oxygen atoms in total. The third-order valence-electron chi connectivity index (χ3n) is 1.94. The molecule has 3 N–H and O–H groups in total. The zero-order chi connectivity index (χ0) is 13.0. The second kappa shape index (κ2) is 5.44. The van der Waals surface area contributed by atoms with Gasteiger partial charge in [0.1, 0.15) is 0 Å². The van der Waals surface area contributed by atoms with Crippen LogP contribution in [0, 0.1) is 17.5 Å². The maximum absolute atomic E-state index is 12.8. The van der Waals surface area contributed by atoms with Crippen molar-refractivity contribution in [2.24, 2.45) is 5.73 Å². The molecule has 92 valence electrons. The van der Waals surface area contributed by atoms with E-state index in [-0.39, 0.29) is 12.1 Å². The van der Waals surface area contributed by atoms with E-state index in [0.29, 0.717) is 0 Å². The van der Waals surface area contributed by atoms with Gasteiger partial charge in [0.15, 0.2) is 17.5 Å². The molecule has 0 heterocycles. The van der Waals surface area contributed by atoms with Gasteiger partial charge in [-0.3, -0.25) is 9.59 Å². The Labute approximate surface area is 94.6 Å². The monoisotopic (exact) mass is 246 g/mol. The molecule has 0 fully saturated rings. The lowest BCUT2D eigenvalue weighted by Crippen LogP contribution is -2.34. The highest BCUT2D eigenvalue weighted by Crippen LogP contribution is 2.13. The summed E-state index contributed by atoms with van der Waals surface area (Å²) in [6, 6.07) is 1.46. The number of amides is 1. The molecule has 1 aromatic rings. The van der Waals surface area contributed by atoms with Crippen molar-refractivity contribution in [2.45, 2.75) is 6.54 Å². The van der Waals surface area contributed by atoms with Gasteiger partial charge in [0.05, 0.1) is 6.54 Å². The molecule has 0 aromatic heterocycles. The van der Waals surface area contributed by atoms with E-state index in [4.69, 9.17) is 5.73 Å². The van der Waals surface area contributed by atoms with E-state index in [2.05, 4.69) is 5.32 Å². The van der Waals surface area contributed by atoms with Crippen molar-refractivity contribution < 1.29 is 22.8 Å². The van der Waals surface area contributed by atoms with Gasteiger partial charge in [0, 0.05) is 6.54 Å². The number of Topliss-reactive ketones (excluding diaryl/α,β-unsaturated/α-hetero) is 1. The minimum atomic E-state index is -1.59. The minimum absolute atomic E-state index is 0.000397. The second-order valence-electron chi connectivity index (χ2n) is 3.18. The number of nitrogens with two attached hydrogens (primary N) is 1. The van der Waals surface area contributed by atoms with Crippen molar-refractivity contribution in [1.29, 1.82) is 0 Å². The topological polar surface area (TPSA) is 72.2 Å². The van der Waals surface area contributed by atoms with Gasteiger partial charge in [-0.15, -0.1) is 0 Å². The molecule has 17 heavy (non-hydrogen) atoms. The number of hydrogen-bond acceptors (Lipinski definition) is 3. The van der Waals surface area contributed by atoms with Crippen LogP contribution in [0.25, 0.3) is 0 Å². The van der Waals surface area contributed by atoms with Crippen molar-refractivity contribution in [3.8, 4) is 0 Å². The molecule has 0 spiro atoms. The number of ketones is 1. The Morgan fingerprint density at radius 1 is 1.18 bits per heavy atom.